The Morgan fingerprint density at radius 2 is 2.27 bits per heavy atom. The van der Waals surface area contributed by atoms with Gasteiger partial charge in [0.15, 0.2) is 5.13 Å². The van der Waals surface area contributed by atoms with Gasteiger partial charge in [0.2, 0.25) is 5.91 Å². The lowest BCUT2D eigenvalue weighted by Crippen LogP contribution is -2.06. The molecule has 2 aromatic rings. The zero-order valence-electron chi connectivity index (χ0n) is 8.50. The number of nitrogen functional groups attached to an aromatic ring is 1. The average Bonchev–Trinajstić information content (AvgIpc) is 2.44. The predicted molar refractivity (Wildman–Crippen MR) is 63.1 cm³/mol. The van der Waals surface area contributed by atoms with Gasteiger partial charge in [-0.2, -0.15) is 0 Å². The van der Waals surface area contributed by atoms with E-state index in [0.29, 0.717) is 5.13 Å². The molecule has 5 heteroatoms. The summed E-state index contributed by atoms with van der Waals surface area (Å²) in [6.45, 7) is 3.45. The highest BCUT2D eigenvalue weighted by molar-refractivity contribution is 7.22. The Balaban J connectivity index is 2.64. The van der Waals surface area contributed by atoms with Gasteiger partial charge in [-0.1, -0.05) is 11.3 Å². The van der Waals surface area contributed by atoms with Gasteiger partial charge in [-0.3, -0.25) is 4.79 Å². The molecular weight excluding hydrogens is 210 g/mol. The van der Waals surface area contributed by atoms with Crippen molar-refractivity contribution in [2.24, 2.45) is 0 Å². The largest absolute Gasteiger partial charge is 0.375 e. The summed E-state index contributed by atoms with van der Waals surface area (Å²) in [5, 5.41) is 3.27. The SMILES string of the molecule is CC(=O)Nc1cc(C)cc2sc(N)nc12. The number of amides is 1. The highest BCUT2D eigenvalue weighted by Gasteiger charge is 2.08. The second-order valence-electron chi connectivity index (χ2n) is 3.39. The van der Waals surface area contributed by atoms with Gasteiger partial charge in [0.25, 0.3) is 0 Å². The zero-order valence-corrected chi connectivity index (χ0v) is 9.31. The van der Waals surface area contributed by atoms with Gasteiger partial charge in [0, 0.05) is 6.92 Å². The minimum Gasteiger partial charge on any atom is -0.375 e. The molecule has 0 saturated heterocycles. The molecule has 1 amide bonds. The van der Waals surface area contributed by atoms with Crippen molar-refractivity contribution in [3.63, 3.8) is 0 Å². The molecule has 0 spiro atoms. The van der Waals surface area contributed by atoms with Crippen LogP contribution in [0.25, 0.3) is 10.2 Å². The van der Waals surface area contributed by atoms with E-state index >= 15 is 0 Å². The Labute approximate surface area is 91.1 Å². The van der Waals surface area contributed by atoms with Gasteiger partial charge < -0.3 is 11.1 Å². The molecular formula is C10H11N3OS. The lowest BCUT2D eigenvalue weighted by atomic mass is 10.2. The predicted octanol–water partition coefficient (Wildman–Crippen LogP) is 2.15. The van der Waals surface area contributed by atoms with Crippen LogP contribution in [-0.4, -0.2) is 10.9 Å². The van der Waals surface area contributed by atoms with Crippen LogP contribution in [-0.2, 0) is 4.79 Å². The third kappa shape index (κ3) is 1.92. The number of nitrogens with two attached hydrogens (primary N) is 1. The third-order valence-electron chi connectivity index (χ3n) is 1.97. The fourth-order valence-corrected chi connectivity index (χ4v) is 2.33. The second kappa shape index (κ2) is 3.51. The van der Waals surface area contributed by atoms with Crippen LogP contribution < -0.4 is 11.1 Å². The summed E-state index contributed by atoms with van der Waals surface area (Å²) in [6, 6.07) is 3.90. The molecule has 0 atom stereocenters. The first kappa shape index (κ1) is 9.92. The van der Waals surface area contributed by atoms with E-state index in [9.17, 15) is 4.79 Å². The Morgan fingerprint density at radius 3 is 2.93 bits per heavy atom. The van der Waals surface area contributed by atoms with E-state index in [1.807, 2.05) is 19.1 Å². The Kier molecular flexibility index (Phi) is 2.32. The van der Waals surface area contributed by atoms with Crippen LogP contribution in [0.5, 0.6) is 0 Å². The highest BCUT2D eigenvalue weighted by Crippen LogP contribution is 2.30. The summed E-state index contributed by atoms with van der Waals surface area (Å²) in [7, 11) is 0. The van der Waals surface area contributed by atoms with Crippen molar-refractivity contribution in [2.45, 2.75) is 13.8 Å². The fourth-order valence-electron chi connectivity index (χ4n) is 1.47. The van der Waals surface area contributed by atoms with Crippen LogP contribution in [0.15, 0.2) is 12.1 Å². The number of aromatic nitrogens is 1. The number of aryl methyl sites for hydroxylation is 1. The van der Waals surface area contributed by atoms with E-state index in [0.717, 1.165) is 21.5 Å². The summed E-state index contributed by atoms with van der Waals surface area (Å²) in [6.07, 6.45) is 0. The molecule has 0 aliphatic heterocycles. The van der Waals surface area contributed by atoms with Crippen molar-refractivity contribution in [1.82, 2.24) is 4.98 Å². The minimum atomic E-state index is -0.103. The van der Waals surface area contributed by atoms with Crippen molar-refractivity contribution in [3.05, 3.63) is 17.7 Å². The first-order valence-electron chi connectivity index (χ1n) is 4.50. The monoisotopic (exact) mass is 221 g/mol. The number of nitrogens with one attached hydrogen (secondary N) is 1. The summed E-state index contributed by atoms with van der Waals surface area (Å²) >= 11 is 1.42. The number of benzene rings is 1. The molecule has 3 N–H and O–H groups in total. The van der Waals surface area contributed by atoms with Gasteiger partial charge >= 0.3 is 0 Å². The van der Waals surface area contributed by atoms with E-state index < -0.39 is 0 Å². The Bertz CT molecular complexity index is 533. The fraction of sp³-hybridized carbons (Fsp3) is 0.200. The van der Waals surface area contributed by atoms with Crippen LogP contribution in [0.3, 0.4) is 0 Å². The maximum absolute atomic E-state index is 11.0. The van der Waals surface area contributed by atoms with E-state index in [-0.39, 0.29) is 5.91 Å². The summed E-state index contributed by atoms with van der Waals surface area (Å²) in [4.78, 5) is 15.2. The van der Waals surface area contributed by atoms with Crippen molar-refractivity contribution in [2.75, 3.05) is 11.1 Å². The van der Waals surface area contributed by atoms with Crippen molar-refractivity contribution in [1.29, 1.82) is 0 Å². The lowest BCUT2D eigenvalue weighted by Gasteiger charge is -2.03. The molecule has 0 aliphatic carbocycles. The van der Waals surface area contributed by atoms with E-state index in [2.05, 4.69) is 10.3 Å². The molecule has 0 aliphatic rings. The van der Waals surface area contributed by atoms with Crippen LogP contribution in [0.2, 0.25) is 0 Å². The average molecular weight is 221 g/mol. The topological polar surface area (TPSA) is 68.0 Å². The number of carbonyl (C=O) groups excluding carboxylic acids is 1. The quantitative estimate of drug-likeness (QED) is 0.775. The summed E-state index contributed by atoms with van der Waals surface area (Å²) in [5.74, 6) is -0.103. The number of rotatable bonds is 1. The Hall–Kier alpha value is -1.62. The van der Waals surface area contributed by atoms with Crippen LogP contribution in [0, 0.1) is 6.92 Å². The van der Waals surface area contributed by atoms with Crippen LogP contribution in [0.1, 0.15) is 12.5 Å². The number of fused-ring (bicyclic) bond motifs is 1. The van der Waals surface area contributed by atoms with Crippen LogP contribution in [0.4, 0.5) is 10.8 Å². The van der Waals surface area contributed by atoms with Gasteiger partial charge in [0.1, 0.15) is 5.52 Å². The van der Waals surface area contributed by atoms with Crippen molar-refractivity contribution >= 4 is 38.3 Å². The molecule has 2 rings (SSSR count). The number of carbonyl (C=O) groups is 1. The van der Waals surface area contributed by atoms with Crippen LogP contribution >= 0.6 is 11.3 Å². The molecule has 1 heterocycles. The normalized spacial score (nSPS) is 10.5. The first-order valence-corrected chi connectivity index (χ1v) is 5.32. The zero-order chi connectivity index (χ0) is 11.0. The smallest absolute Gasteiger partial charge is 0.221 e. The number of thiazole rings is 1. The Morgan fingerprint density at radius 1 is 1.53 bits per heavy atom. The lowest BCUT2D eigenvalue weighted by molar-refractivity contribution is -0.114. The van der Waals surface area contributed by atoms with Gasteiger partial charge in [-0.15, -0.1) is 0 Å². The maximum atomic E-state index is 11.0. The molecule has 1 aromatic carbocycles. The van der Waals surface area contributed by atoms with Gasteiger partial charge in [0.05, 0.1) is 10.4 Å². The number of hydrogen-bond donors (Lipinski definition) is 2. The minimum absolute atomic E-state index is 0.103. The number of anilines is 2. The van der Waals surface area contributed by atoms with E-state index in [4.69, 9.17) is 5.73 Å². The molecule has 0 saturated carbocycles. The first-order chi connectivity index (χ1) is 7.06. The van der Waals surface area contributed by atoms with E-state index in [1.54, 1.807) is 0 Å². The molecule has 0 radical (unpaired) electrons. The van der Waals surface area contributed by atoms with Crippen molar-refractivity contribution < 1.29 is 4.79 Å². The molecule has 0 unspecified atom stereocenters. The van der Waals surface area contributed by atoms with E-state index in [1.165, 1.54) is 18.3 Å². The third-order valence-corrected chi connectivity index (χ3v) is 2.80. The molecule has 4 nitrogen and oxygen atoms in total. The molecule has 15 heavy (non-hydrogen) atoms. The van der Waals surface area contributed by atoms with Gasteiger partial charge in [-0.25, -0.2) is 4.98 Å². The summed E-state index contributed by atoms with van der Waals surface area (Å²) in [5.41, 5.74) is 8.20. The van der Waals surface area contributed by atoms with Gasteiger partial charge in [-0.05, 0) is 24.6 Å². The molecule has 0 fully saturated rings. The second-order valence-corrected chi connectivity index (χ2v) is 4.45. The molecule has 78 valence electrons. The molecule has 0 bridgehead atoms. The summed E-state index contributed by atoms with van der Waals surface area (Å²) < 4.78 is 0.997. The standard InChI is InChI=1S/C10H11N3OS/c1-5-3-7(12-6(2)14)9-8(4-5)15-10(11)13-9/h3-4H,1-2H3,(H2,11,13)(H,12,14). The number of hydrogen-bond acceptors (Lipinski definition) is 4. The highest BCUT2D eigenvalue weighted by atomic mass is 32.1. The van der Waals surface area contributed by atoms with Crippen molar-refractivity contribution in [3.8, 4) is 0 Å². The number of nitrogens with zero attached hydrogens (tertiary/aromatic N) is 1. The maximum Gasteiger partial charge on any atom is 0.221 e. The molecule has 1 aromatic heterocycles.